The molecule has 2 aliphatic carbocycles. The average molecular weight is 416 g/mol. The predicted molar refractivity (Wildman–Crippen MR) is 104 cm³/mol. The molecule has 3 fully saturated rings. The highest BCUT2D eigenvalue weighted by Crippen LogP contribution is 2.60. The van der Waals surface area contributed by atoms with Crippen LogP contribution in [0, 0.1) is 11.3 Å². The van der Waals surface area contributed by atoms with E-state index in [4.69, 9.17) is 11.6 Å². The third kappa shape index (κ3) is 4.16. The maximum Gasteiger partial charge on any atom is 0.417 e. The molecule has 0 bridgehead atoms. The number of aromatic nitrogens is 1. The van der Waals surface area contributed by atoms with Gasteiger partial charge in [-0.15, -0.1) is 0 Å². The molecule has 9 heteroatoms. The first-order valence-corrected chi connectivity index (χ1v) is 10.1. The van der Waals surface area contributed by atoms with E-state index in [1.54, 1.807) is 7.05 Å². The SMILES string of the molecule is CN=C(NCC1(C2CC2)CC1)NC1CCN(c2ncc(C(F)(F)F)cc2Cl)C1. The number of hydrogen-bond acceptors (Lipinski definition) is 3. The van der Waals surface area contributed by atoms with Gasteiger partial charge in [0.2, 0.25) is 0 Å². The monoisotopic (exact) mass is 415 g/mol. The molecule has 1 unspecified atom stereocenters. The molecule has 1 atom stereocenters. The summed E-state index contributed by atoms with van der Waals surface area (Å²) in [6.45, 7) is 2.26. The highest BCUT2D eigenvalue weighted by atomic mass is 35.5. The first kappa shape index (κ1) is 19.6. The Morgan fingerprint density at radius 2 is 2.11 bits per heavy atom. The van der Waals surface area contributed by atoms with Gasteiger partial charge in [0, 0.05) is 38.9 Å². The smallest absolute Gasteiger partial charge is 0.356 e. The molecule has 154 valence electrons. The van der Waals surface area contributed by atoms with E-state index in [9.17, 15) is 13.2 Å². The van der Waals surface area contributed by atoms with E-state index in [0.717, 1.165) is 37.1 Å². The molecule has 2 saturated carbocycles. The van der Waals surface area contributed by atoms with Gasteiger partial charge in [-0.25, -0.2) is 4.98 Å². The Morgan fingerprint density at radius 1 is 1.36 bits per heavy atom. The van der Waals surface area contributed by atoms with Gasteiger partial charge in [0.05, 0.1) is 10.6 Å². The van der Waals surface area contributed by atoms with Gasteiger partial charge in [-0.2, -0.15) is 13.2 Å². The van der Waals surface area contributed by atoms with Crippen molar-refractivity contribution in [1.29, 1.82) is 0 Å². The number of alkyl halides is 3. The van der Waals surface area contributed by atoms with Crippen LogP contribution in [0.5, 0.6) is 0 Å². The highest BCUT2D eigenvalue weighted by Gasteiger charge is 2.53. The van der Waals surface area contributed by atoms with Crippen molar-refractivity contribution in [3.05, 3.63) is 22.8 Å². The lowest BCUT2D eigenvalue weighted by Gasteiger charge is -2.22. The Balaban J connectivity index is 1.32. The fourth-order valence-corrected chi connectivity index (χ4v) is 4.41. The Bertz CT molecular complexity index is 758. The van der Waals surface area contributed by atoms with Crippen LogP contribution >= 0.6 is 11.6 Å². The number of nitrogens with zero attached hydrogens (tertiary/aromatic N) is 3. The second kappa shape index (κ2) is 7.28. The Kier molecular flexibility index (Phi) is 5.10. The summed E-state index contributed by atoms with van der Waals surface area (Å²) in [6.07, 6.45) is 2.55. The summed E-state index contributed by atoms with van der Waals surface area (Å²) in [5.74, 6) is 2.06. The Labute approximate surface area is 167 Å². The largest absolute Gasteiger partial charge is 0.417 e. The third-order valence-electron chi connectivity index (χ3n) is 6.14. The molecule has 0 aromatic carbocycles. The van der Waals surface area contributed by atoms with Gasteiger partial charge in [0.15, 0.2) is 5.96 Å². The van der Waals surface area contributed by atoms with E-state index in [2.05, 4.69) is 20.6 Å². The minimum atomic E-state index is -4.44. The van der Waals surface area contributed by atoms with E-state index < -0.39 is 11.7 Å². The average Bonchev–Trinajstić information content (AvgIpc) is 3.56. The van der Waals surface area contributed by atoms with Crippen molar-refractivity contribution in [1.82, 2.24) is 15.6 Å². The predicted octanol–water partition coefficient (Wildman–Crippen LogP) is 3.69. The molecule has 1 aliphatic heterocycles. The van der Waals surface area contributed by atoms with Crippen molar-refractivity contribution in [3.63, 3.8) is 0 Å². The summed E-state index contributed by atoms with van der Waals surface area (Å²) in [5.41, 5.74) is -0.346. The summed E-state index contributed by atoms with van der Waals surface area (Å²) in [6, 6.07) is 1.08. The van der Waals surface area contributed by atoms with Crippen LogP contribution in [0.3, 0.4) is 0 Å². The molecule has 1 aromatic rings. The number of guanidine groups is 1. The molecule has 2 N–H and O–H groups in total. The zero-order chi connectivity index (χ0) is 19.9. The van der Waals surface area contributed by atoms with Gasteiger partial charge in [-0.3, -0.25) is 4.99 Å². The maximum absolute atomic E-state index is 12.8. The molecule has 28 heavy (non-hydrogen) atoms. The molecule has 0 spiro atoms. The first-order valence-electron chi connectivity index (χ1n) is 9.76. The number of pyridine rings is 1. The summed E-state index contributed by atoms with van der Waals surface area (Å²) < 4.78 is 38.4. The quantitative estimate of drug-likeness (QED) is 0.569. The lowest BCUT2D eigenvalue weighted by molar-refractivity contribution is -0.137. The van der Waals surface area contributed by atoms with Gasteiger partial charge in [0.25, 0.3) is 0 Å². The normalized spacial score (nSPS) is 24.4. The van der Waals surface area contributed by atoms with Crippen LogP contribution in [0.2, 0.25) is 5.02 Å². The summed E-state index contributed by atoms with van der Waals surface area (Å²) >= 11 is 6.08. The molecular formula is C19H25ClF3N5. The number of aliphatic imine (C=N–C) groups is 1. The molecule has 1 saturated heterocycles. The van der Waals surface area contributed by atoms with E-state index in [1.807, 2.05) is 4.90 Å². The maximum atomic E-state index is 12.8. The van der Waals surface area contributed by atoms with Crippen LogP contribution in [-0.2, 0) is 6.18 Å². The zero-order valence-corrected chi connectivity index (χ0v) is 16.6. The second-order valence-electron chi connectivity index (χ2n) is 8.17. The molecule has 1 aromatic heterocycles. The molecule has 0 radical (unpaired) electrons. The van der Waals surface area contributed by atoms with E-state index in [-0.39, 0.29) is 11.1 Å². The number of hydrogen-bond donors (Lipinski definition) is 2. The molecule has 2 heterocycles. The van der Waals surface area contributed by atoms with Gasteiger partial charge in [0.1, 0.15) is 5.82 Å². The minimum absolute atomic E-state index is 0.0260. The van der Waals surface area contributed by atoms with E-state index >= 15 is 0 Å². The van der Waals surface area contributed by atoms with Crippen LogP contribution in [0.25, 0.3) is 0 Å². The Morgan fingerprint density at radius 3 is 2.68 bits per heavy atom. The zero-order valence-electron chi connectivity index (χ0n) is 15.8. The number of rotatable bonds is 5. The van der Waals surface area contributed by atoms with Crippen LogP contribution in [-0.4, -0.2) is 43.7 Å². The van der Waals surface area contributed by atoms with E-state index in [1.165, 1.54) is 25.7 Å². The molecule has 5 nitrogen and oxygen atoms in total. The topological polar surface area (TPSA) is 52.6 Å². The fourth-order valence-electron chi connectivity index (χ4n) is 4.12. The lowest BCUT2D eigenvalue weighted by Crippen LogP contribution is -2.46. The van der Waals surface area contributed by atoms with Crippen LogP contribution in [0.15, 0.2) is 17.3 Å². The fraction of sp³-hybridized carbons (Fsp3) is 0.684. The van der Waals surface area contributed by atoms with Crippen LogP contribution < -0.4 is 15.5 Å². The van der Waals surface area contributed by atoms with Crippen molar-refractivity contribution in [2.45, 2.75) is 44.3 Å². The van der Waals surface area contributed by atoms with Gasteiger partial charge >= 0.3 is 6.18 Å². The molecule has 4 rings (SSSR count). The van der Waals surface area contributed by atoms with Gasteiger partial charge in [-0.05, 0) is 49.5 Å². The van der Waals surface area contributed by atoms with E-state index in [0.29, 0.717) is 24.3 Å². The van der Waals surface area contributed by atoms with Crippen molar-refractivity contribution < 1.29 is 13.2 Å². The van der Waals surface area contributed by atoms with Crippen molar-refractivity contribution in [2.75, 3.05) is 31.6 Å². The number of anilines is 1. The summed E-state index contributed by atoms with van der Waals surface area (Å²) in [7, 11) is 1.76. The molecule has 3 aliphatic rings. The minimum Gasteiger partial charge on any atom is -0.356 e. The summed E-state index contributed by atoms with van der Waals surface area (Å²) in [5, 5.41) is 6.92. The van der Waals surface area contributed by atoms with Gasteiger partial charge < -0.3 is 15.5 Å². The molecular weight excluding hydrogens is 391 g/mol. The Hall–Kier alpha value is -1.70. The van der Waals surface area contributed by atoms with Gasteiger partial charge in [-0.1, -0.05) is 11.6 Å². The summed E-state index contributed by atoms with van der Waals surface area (Å²) in [4.78, 5) is 10.2. The lowest BCUT2D eigenvalue weighted by atomic mass is 10.0. The number of nitrogens with one attached hydrogen (secondary N) is 2. The van der Waals surface area contributed by atoms with Crippen LogP contribution in [0.1, 0.15) is 37.7 Å². The van der Waals surface area contributed by atoms with Crippen molar-refractivity contribution in [3.8, 4) is 0 Å². The first-order chi connectivity index (χ1) is 13.3. The highest BCUT2D eigenvalue weighted by molar-refractivity contribution is 6.33. The van der Waals surface area contributed by atoms with Crippen molar-refractivity contribution in [2.24, 2.45) is 16.3 Å². The van der Waals surface area contributed by atoms with Crippen LogP contribution in [0.4, 0.5) is 19.0 Å². The molecule has 0 amide bonds. The van der Waals surface area contributed by atoms with Crippen molar-refractivity contribution >= 4 is 23.4 Å². The standard InChI is InChI=1S/C19H25ClF3N5/c1-24-17(26-11-18(5-6-18)12-2-3-12)27-14-4-7-28(10-14)16-15(20)8-13(9-25-16)19(21,22)23/h8-9,12,14H,2-7,10-11H2,1H3,(H2,24,26,27). The third-order valence-corrected chi connectivity index (χ3v) is 6.42. The second-order valence-corrected chi connectivity index (χ2v) is 8.57. The number of halogens is 4.